The summed E-state index contributed by atoms with van der Waals surface area (Å²) in [5, 5.41) is 5.40. The van der Waals surface area contributed by atoms with Gasteiger partial charge in [-0.2, -0.15) is 0 Å². The van der Waals surface area contributed by atoms with Crippen LogP contribution in [0.5, 0.6) is 0 Å². The third-order valence-electron chi connectivity index (χ3n) is 7.34. The van der Waals surface area contributed by atoms with Crippen LogP contribution in [0.2, 0.25) is 0 Å². The van der Waals surface area contributed by atoms with Crippen molar-refractivity contribution < 1.29 is 4.79 Å². The van der Waals surface area contributed by atoms with Crippen LogP contribution in [0.15, 0.2) is 127 Å². The molecule has 6 rings (SSSR count). The lowest BCUT2D eigenvalue weighted by Crippen LogP contribution is -2.75. The van der Waals surface area contributed by atoms with Crippen molar-refractivity contribution in [3.8, 4) is 0 Å². The number of alkyl halides is 1. The number of carbonyl (C=O) groups excluding carboxylic acids is 1. The van der Waals surface area contributed by atoms with Gasteiger partial charge in [0.2, 0.25) is 5.91 Å². The van der Waals surface area contributed by atoms with E-state index in [9.17, 15) is 4.79 Å². The van der Waals surface area contributed by atoms with Crippen LogP contribution in [0.4, 0.5) is 0 Å². The molecule has 0 fully saturated rings. The molecule has 0 saturated carbocycles. The average Bonchev–Trinajstić information content (AvgIpc) is 3.47. The van der Waals surface area contributed by atoms with Crippen LogP contribution in [0.3, 0.4) is 0 Å². The summed E-state index contributed by atoms with van der Waals surface area (Å²) in [6, 6.07) is 39.6. The number of rotatable bonds is 5. The SMILES string of the molecule is NC(=O)C1C=CC2=C1C(I)c1cccc([Si](c3ccccc3)(c3ccccc3)c3ccccc3)c12. The second-order valence-electron chi connectivity index (χ2n) is 9.09. The average molecular weight is 582 g/mol. The van der Waals surface area contributed by atoms with Crippen LogP contribution in [-0.2, 0) is 4.79 Å². The van der Waals surface area contributed by atoms with Crippen molar-refractivity contribution in [1.29, 1.82) is 0 Å². The monoisotopic (exact) mass is 581 g/mol. The fourth-order valence-electron chi connectivity index (χ4n) is 5.92. The van der Waals surface area contributed by atoms with Crippen LogP contribution >= 0.6 is 22.6 Å². The minimum atomic E-state index is -2.68. The molecule has 0 radical (unpaired) electrons. The van der Waals surface area contributed by atoms with Crippen LogP contribution in [0, 0.1) is 5.92 Å². The van der Waals surface area contributed by atoms with Crippen LogP contribution in [-0.4, -0.2) is 14.0 Å². The molecule has 1 amide bonds. The molecule has 170 valence electrons. The molecule has 2 aliphatic carbocycles. The van der Waals surface area contributed by atoms with E-state index < -0.39 is 8.07 Å². The third-order valence-corrected chi connectivity index (χ3v) is 13.5. The Morgan fingerprint density at radius 1 is 0.714 bits per heavy atom. The Balaban J connectivity index is 1.75. The van der Waals surface area contributed by atoms with Gasteiger partial charge in [0, 0.05) is 0 Å². The molecule has 0 aliphatic heterocycles. The Labute approximate surface area is 220 Å². The first-order chi connectivity index (χ1) is 17.1. The number of allylic oxidation sites excluding steroid dienone is 2. The van der Waals surface area contributed by atoms with Crippen molar-refractivity contribution in [1.82, 2.24) is 0 Å². The summed E-state index contributed by atoms with van der Waals surface area (Å²) in [5.74, 6) is -0.617. The van der Waals surface area contributed by atoms with Crippen molar-refractivity contribution in [2.24, 2.45) is 11.7 Å². The molecule has 4 heteroatoms. The van der Waals surface area contributed by atoms with Crippen molar-refractivity contribution in [3.05, 3.63) is 138 Å². The van der Waals surface area contributed by atoms with Gasteiger partial charge in [-0.15, -0.1) is 0 Å². The number of fused-ring (bicyclic) bond motifs is 2. The van der Waals surface area contributed by atoms with E-state index in [1.165, 1.54) is 37.4 Å². The number of hydrogen-bond donors (Lipinski definition) is 1. The molecule has 2 aliphatic rings. The van der Waals surface area contributed by atoms with Gasteiger partial charge in [-0.1, -0.05) is 144 Å². The standard InChI is InChI=1S/C31H24INOSi/c32-30-25-17-10-18-27(28(25)24-19-20-26(29(24)30)31(33)34)35(21-11-4-1-5-12-21,22-13-6-2-7-14-22)23-15-8-3-9-16-23/h1-20,26,30H,(H2,33,34). The summed E-state index contributed by atoms with van der Waals surface area (Å²) in [5.41, 5.74) is 10.7. The zero-order chi connectivity index (χ0) is 24.0. The van der Waals surface area contributed by atoms with E-state index in [1.54, 1.807) is 0 Å². The molecule has 0 heterocycles. The topological polar surface area (TPSA) is 43.1 Å². The summed E-state index contributed by atoms with van der Waals surface area (Å²) in [6.07, 6.45) is 4.11. The van der Waals surface area contributed by atoms with Gasteiger partial charge in [0.15, 0.2) is 8.07 Å². The Morgan fingerprint density at radius 2 is 1.23 bits per heavy atom. The fraction of sp³-hybridized carbons (Fsp3) is 0.0645. The maximum absolute atomic E-state index is 12.3. The molecule has 0 spiro atoms. The van der Waals surface area contributed by atoms with Crippen LogP contribution < -0.4 is 26.5 Å². The minimum absolute atomic E-state index is 0.124. The quantitative estimate of drug-likeness (QED) is 0.165. The molecule has 2 nitrogen and oxygen atoms in total. The highest BCUT2D eigenvalue weighted by molar-refractivity contribution is 14.1. The molecular weight excluding hydrogens is 557 g/mol. The maximum atomic E-state index is 12.3. The van der Waals surface area contributed by atoms with Crippen molar-refractivity contribution in [2.45, 2.75) is 3.92 Å². The molecular formula is C31H24INOSi. The fourth-order valence-corrected chi connectivity index (χ4v) is 12.2. The molecule has 35 heavy (non-hydrogen) atoms. The van der Waals surface area contributed by atoms with Gasteiger partial charge < -0.3 is 5.73 Å². The van der Waals surface area contributed by atoms with Crippen molar-refractivity contribution in [3.63, 3.8) is 0 Å². The number of halogens is 1. The zero-order valence-electron chi connectivity index (χ0n) is 19.1. The van der Waals surface area contributed by atoms with Gasteiger partial charge in [-0.3, -0.25) is 4.79 Å². The number of amides is 1. The van der Waals surface area contributed by atoms with Crippen molar-refractivity contribution >= 4 is 62.9 Å². The van der Waals surface area contributed by atoms with E-state index in [2.05, 4.69) is 138 Å². The first-order valence-corrected chi connectivity index (χ1v) is 15.0. The van der Waals surface area contributed by atoms with Crippen molar-refractivity contribution in [2.75, 3.05) is 0 Å². The molecule has 2 N–H and O–H groups in total. The first kappa shape index (κ1) is 22.3. The van der Waals surface area contributed by atoms with Gasteiger partial charge in [0.25, 0.3) is 0 Å². The maximum Gasteiger partial charge on any atom is 0.228 e. The Bertz CT molecular complexity index is 1380. The van der Waals surface area contributed by atoms with E-state index in [0.29, 0.717) is 0 Å². The van der Waals surface area contributed by atoms with Gasteiger partial charge in [0.05, 0.1) is 9.84 Å². The highest BCUT2D eigenvalue weighted by Crippen LogP contribution is 2.52. The number of primary amides is 1. The van der Waals surface area contributed by atoms with Gasteiger partial charge in [-0.25, -0.2) is 0 Å². The molecule has 0 bridgehead atoms. The second-order valence-corrected chi connectivity index (χ2v) is 14.1. The summed E-state index contributed by atoms with van der Waals surface area (Å²) in [7, 11) is -2.68. The normalized spacial score (nSPS) is 18.4. The molecule has 0 aromatic heterocycles. The number of carbonyl (C=O) groups is 1. The lowest BCUT2D eigenvalue weighted by molar-refractivity contribution is -0.119. The van der Waals surface area contributed by atoms with Crippen LogP contribution in [0.25, 0.3) is 5.57 Å². The Morgan fingerprint density at radius 3 is 1.71 bits per heavy atom. The second kappa shape index (κ2) is 8.77. The van der Waals surface area contributed by atoms with Crippen LogP contribution in [0.1, 0.15) is 15.1 Å². The smallest absolute Gasteiger partial charge is 0.228 e. The largest absolute Gasteiger partial charge is 0.369 e. The summed E-state index contributed by atoms with van der Waals surface area (Å²) >= 11 is 2.49. The van der Waals surface area contributed by atoms with E-state index in [0.717, 1.165) is 5.57 Å². The molecule has 2 unspecified atom stereocenters. The predicted octanol–water partition coefficient (Wildman–Crippen LogP) is 3.98. The van der Waals surface area contributed by atoms with Gasteiger partial charge >= 0.3 is 0 Å². The third kappa shape index (κ3) is 3.31. The summed E-state index contributed by atoms with van der Waals surface area (Å²) in [6.45, 7) is 0. The van der Waals surface area contributed by atoms with E-state index in [4.69, 9.17) is 5.73 Å². The number of nitrogens with two attached hydrogens (primary N) is 1. The first-order valence-electron chi connectivity index (χ1n) is 11.8. The lowest BCUT2D eigenvalue weighted by Gasteiger charge is -2.36. The molecule has 2 atom stereocenters. The van der Waals surface area contributed by atoms with Gasteiger partial charge in [-0.05, 0) is 43.0 Å². The molecule has 0 saturated heterocycles. The van der Waals surface area contributed by atoms with Gasteiger partial charge in [0.1, 0.15) is 0 Å². The minimum Gasteiger partial charge on any atom is -0.369 e. The highest BCUT2D eigenvalue weighted by Gasteiger charge is 2.47. The Kier molecular flexibility index (Phi) is 5.58. The summed E-state index contributed by atoms with van der Waals surface area (Å²) in [4.78, 5) is 12.3. The number of benzene rings is 4. The van der Waals surface area contributed by atoms with E-state index in [1.807, 2.05) is 6.08 Å². The molecule has 4 aromatic rings. The number of hydrogen-bond acceptors (Lipinski definition) is 1. The molecule has 4 aromatic carbocycles. The van der Waals surface area contributed by atoms with E-state index >= 15 is 0 Å². The predicted molar refractivity (Wildman–Crippen MR) is 156 cm³/mol. The highest BCUT2D eigenvalue weighted by atomic mass is 127. The zero-order valence-corrected chi connectivity index (χ0v) is 22.2. The lowest BCUT2D eigenvalue weighted by atomic mass is 9.98. The Hall–Kier alpha value is -3.22. The summed E-state index contributed by atoms with van der Waals surface area (Å²) < 4.78 is 0.124. The van der Waals surface area contributed by atoms with E-state index in [-0.39, 0.29) is 15.7 Å².